The van der Waals surface area contributed by atoms with E-state index < -0.39 is 0 Å². The van der Waals surface area contributed by atoms with Crippen molar-refractivity contribution < 1.29 is 14.6 Å². The summed E-state index contributed by atoms with van der Waals surface area (Å²) in [5, 5.41) is 16.3. The first-order chi connectivity index (χ1) is 14.6. The van der Waals surface area contributed by atoms with E-state index in [0.29, 0.717) is 13.2 Å². The number of nitrogens with one attached hydrogen (secondary N) is 2. The number of nitrogens with zero attached hydrogens (tertiary/aromatic N) is 1. The predicted molar refractivity (Wildman–Crippen MR) is 123 cm³/mol. The van der Waals surface area contributed by atoms with Crippen molar-refractivity contribution in [2.75, 3.05) is 32.9 Å². The van der Waals surface area contributed by atoms with Crippen LogP contribution in [-0.2, 0) is 11.3 Å². The van der Waals surface area contributed by atoms with Crippen LogP contribution in [0.3, 0.4) is 0 Å². The van der Waals surface area contributed by atoms with Crippen LogP contribution in [0.15, 0.2) is 23.2 Å². The van der Waals surface area contributed by atoms with E-state index in [1.807, 2.05) is 0 Å². The van der Waals surface area contributed by atoms with Crippen molar-refractivity contribution in [3.63, 3.8) is 0 Å². The molecule has 30 heavy (non-hydrogen) atoms. The maximum atomic E-state index is 9.47. The number of benzene rings is 1. The molecule has 6 heteroatoms. The lowest BCUT2D eigenvalue weighted by atomic mass is 9.79. The van der Waals surface area contributed by atoms with Crippen molar-refractivity contribution in [2.24, 2.45) is 10.4 Å². The third-order valence-corrected chi connectivity index (χ3v) is 6.20. The van der Waals surface area contributed by atoms with Gasteiger partial charge in [0.15, 0.2) is 5.96 Å². The Hall–Kier alpha value is -1.79. The molecule has 1 fully saturated rings. The van der Waals surface area contributed by atoms with Crippen LogP contribution in [0, 0.1) is 12.3 Å². The first-order valence-corrected chi connectivity index (χ1v) is 11.5. The summed E-state index contributed by atoms with van der Waals surface area (Å²) in [6.07, 6.45) is 5.22. The highest BCUT2D eigenvalue weighted by Crippen LogP contribution is 2.29. The van der Waals surface area contributed by atoms with E-state index >= 15 is 0 Å². The minimum atomic E-state index is 0.0877. The van der Waals surface area contributed by atoms with Gasteiger partial charge in [0.1, 0.15) is 12.4 Å². The summed E-state index contributed by atoms with van der Waals surface area (Å²) in [6.45, 7) is 12.3. The largest absolute Gasteiger partial charge is 0.491 e. The van der Waals surface area contributed by atoms with Crippen LogP contribution in [0.1, 0.15) is 64.0 Å². The Balaban J connectivity index is 2.05. The topological polar surface area (TPSA) is 75.1 Å². The molecule has 1 aliphatic rings. The van der Waals surface area contributed by atoms with Crippen molar-refractivity contribution in [1.29, 1.82) is 0 Å². The molecule has 1 atom stereocenters. The lowest BCUT2D eigenvalue weighted by Gasteiger charge is -2.32. The average molecular weight is 420 g/mol. The van der Waals surface area contributed by atoms with Gasteiger partial charge in [-0.25, -0.2) is 4.99 Å². The molecule has 0 saturated carbocycles. The molecule has 1 aromatic carbocycles. The zero-order chi connectivity index (χ0) is 21.8. The van der Waals surface area contributed by atoms with Gasteiger partial charge in [-0.1, -0.05) is 26.0 Å². The van der Waals surface area contributed by atoms with Crippen LogP contribution in [0.25, 0.3) is 0 Å². The summed E-state index contributed by atoms with van der Waals surface area (Å²) in [6, 6.07) is 6.28. The van der Waals surface area contributed by atoms with E-state index in [-0.39, 0.29) is 18.1 Å². The Labute approximate surface area is 182 Å². The molecule has 170 valence electrons. The van der Waals surface area contributed by atoms with Gasteiger partial charge in [-0.15, -0.1) is 0 Å². The van der Waals surface area contributed by atoms with Gasteiger partial charge in [-0.2, -0.15) is 0 Å². The van der Waals surface area contributed by atoms with E-state index in [1.54, 1.807) is 0 Å². The molecule has 3 N–H and O–H groups in total. The van der Waals surface area contributed by atoms with Crippen LogP contribution < -0.4 is 15.4 Å². The normalized spacial score (nSPS) is 17.2. The summed E-state index contributed by atoms with van der Waals surface area (Å²) in [7, 11) is 0. The first-order valence-electron chi connectivity index (χ1n) is 11.5. The summed E-state index contributed by atoms with van der Waals surface area (Å²) >= 11 is 0. The number of rotatable bonds is 12. The molecular weight excluding hydrogens is 378 g/mol. The van der Waals surface area contributed by atoms with Gasteiger partial charge in [0.05, 0.1) is 12.6 Å². The zero-order valence-electron chi connectivity index (χ0n) is 19.3. The molecule has 6 nitrogen and oxygen atoms in total. The lowest BCUT2D eigenvalue weighted by molar-refractivity contribution is 0.0676. The molecule has 0 amide bonds. The summed E-state index contributed by atoms with van der Waals surface area (Å²) in [5.41, 5.74) is 2.34. The van der Waals surface area contributed by atoms with E-state index in [0.717, 1.165) is 69.1 Å². The highest BCUT2D eigenvalue weighted by Gasteiger charge is 2.25. The molecule has 1 unspecified atom stereocenters. The Kier molecular flexibility index (Phi) is 10.4. The van der Waals surface area contributed by atoms with Crippen LogP contribution in [0.5, 0.6) is 5.75 Å². The summed E-state index contributed by atoms with van der Waals surface area (Å²) in [4.78, 5) is 4.81. The van der Waals surface area contributed by atoms with Gasteiger partial charge in [-0.3, -0.25) is 0 Å². The predicted octanol–water partition coefficient (Wildman–Crippen LogP) is 3.80. The molecule has 0 aliphatic carbocycles. The second kappa shape index (κ2) is 12.8. The summed E-state index contributed by atoms with van der Waals surface area (Å²) in [5.74, 6) is 1.69. The van der Waals surface area contributed by atoms with Crippen molar-refractivity contribution >= 4 is 5.96 Å². The van der Waals surface area contributed by atoms with Crippen LogP contribution >= 0.6 is 0 Å². The Morgan fingerprint density at radius 3 is 2.70 bits per heavy atom. The Morgan fingerprint density at radius 1 is 1.27 bits per heavy atom. The van der Waals surface area contributed by atoms with Crippen molar-refractivity contribution in [3.8, 4) is 5.75 Å². The van der Waals surface area contributed by atoms with E-state index in [9.17, 15) is 5.11 Å². The highest BCUT2D eigenvalue weighted by molar-refractivity contribution is 5.79. The van der Waals surface area contributed by atoms with Crippen molar-refractivity contribution in [3.05, 3.63) is 29.3 Å². The second-order valence-electron chi connectivity index (χ2n) is 8.29. The molecule has 0 radical (unpaired) electrons. The minimum absolute atomic E-state index is 0.0877. The minimum Gasteiger partial charge on any atom is -0.491 e. The fourth-order valence-electron chi connectivity index (χ4n) is 3.84. The SMILES string of the molecule is CCNC(=NCc1ccc(C)cc1OCC1CCCO1)NCC(CC)(CC)CCO. The third kappa shape index (κ3) is 7.47. The Morgan fingerprint density at radius 2 is 2.07 bits per heavy atom. The van der Waals surface area contributed by atoms with Gasteiger partial charge >= 0.3 is 0 Å². The fraction of sp³-hybridized carbons (Fsp3) is 0.708. The number of aryl methyl sites for hydroxylation is 1. The number of aliphatic hydroxyl groups excluding tert-OH is 1. The maximum Gasteiger partial charge on any atom is 0.191 e. The quantitative estimate of drug-likeness (QED) is 0.355. The van der Waals surface area contributed by atoms with Crippen LogP contribution in [0.4, 0.5) is 0 Å². The zero-order valence-corrected chi connectivity index (χ0v) is 19.3. The molecule has 1 saturated heterocycles. The molecular formula is C24H41N3O3. The molecule has 1 aromatic rings. The standard InChI is InChI=1S/C24H41N3O3/c1-5-24(6-2,12-13-28)18-27-23(25-7-3)26-16-20-11-10-19(4)15-22(20)30-17-21-9-8-14-29-21/h10-11,15,21,28H,5-9,12-14,16-18H2,1-4H3,(H2,25,26,27). The lowest BCUT2D eigenvalue weighted by Crippen LogP contribution is -2.43. The number of ether oxygens (including phenoxy) is 2. The van der Waals surface area contributed by atoms with E-state index in [4.69, 9.17) is 14.5 Å². The molecule has 0 bridgehead atoms. The highest BCUT2D eigenvalue weighted by atomic mass is 16.5. The number of hydrogen-bond donors (Lipinski definition) is 3. The third-order valence-electron chi connectivity index (χ3n) is 6.20. The molecule has 0 aromatic heterocycles. The Bertz CT molecular complexity index is 653. The first kappa shape index (κ1) is 24.5. The second-order valence-corrected chi connectivity index (χ2v) is 8.29. The monoisotopic (exact) mass is 419 g/mol. The average Bonchev–Trinajstić information content (AvgIpc) is 3.28. The van der Waals surface area contributed by atoms with Gasteiger partial charge in [0.2, 0.25) is 0 Å². The van der Waals surface area contributed by atoms with Crippen LogP contribution in [0.2, 0.25) is 0 Å². The number of hydrogen-bond acceptors (Lipinski definition) is 4. The number of aliphatic hydroxyl groups is 1. The summed E-state index contributed by atoms with van der Waals surface area (Å²) < 4.78 is 11.8. The molecule has 0 spiro atoms. The van der Waals surface area contributed by atoms with Crippen molar-refractivity contribution in [1.82, 2.24) is 10.6 Å². The number of guanidine groups is 1. The van der Waals surface area contributed by atoms with Gasteiger partial charge < -0.3 is 25.2 Å². The smallest absolute Gasteiger partial charge is 0.191 e. The molecule has 2 rings (SSSR count). The van der Waals surface area contributed by atoms with E-state index in [2.05, 4.69) is 56.5 Å². The van der Waals surface area contributed by atoms with Crippen molar-refractivity contribution in [2.45, 2.75) is 72.4 Å². The van der Waals surface area contributed by atoms with Gasteiger partial charge in [0.25, 0.3) is 0 Å². The van der Waals surface area contributed by atoms with Gasteiger partial charge in [0, 0.05) is 31.9 Å². The van der Waals surface area contributed by atoms with Crippen LogP contribution in [-0.4, -0.2) is 50.1 Å². The van der Waals surface area contributed by atoms with E-state index in [1.165, 1.54) is 5.56 Å². The van der Waals surface area contributed by atoms with Gasteiger partial charge in [-0.05, 0) is 63.0 Å². The fourth-order valence-corrected chi connectivity index (χ4v) is 3.84. The maximum absolute atomic E-state index is 9.47. The molecule has 1 aliphatic heterocycles. The number of aliphatic imine (C=N–C) groups is 1. The molecule has 1 heterocycles.